The number of pyridine rings is 1. The van der Waals surface area contributed by atoms with Crippen molar-refractivity contribution < 1.29 is 19.1 Å². The highest BCUT2D eigenvalue weighted by atomic mass is 35.5. The van der Waals surface area contributed by atoms with Crippen molar-refractivity contribution in [2.75, 3.05) is 20.3 Å². The summed E-state index contributed by atoms with van der Waals surface area (Å²) in [4.78, 5) is 29.8. The zero-order valence-corrected chi connectivity index (χ0v) is 18.5. The topological polar surface area (TPSA) is 70.4 Å². The Morgan fingerprint density at radius 3 is 2.57 bits per heavy atom. The molecule has 0 bridgehead atoms. The molecule has 0 amide bonds. The number of ether oxygens (including phenoxy) is 2. The summed E-state index contributed by atoms with van der Waals surface area (Å²) in [6.45, 7) is 7.79. The van der Waals surface area contributed by atoms with Gasteiger partial charge in [-0.05, 0) is 58.0 Å². The van der Waals surface area contributed by atoms with Gasteiger partial charge in [0, 0.05) is 34.5 Å². The number of halogens is 1. The number of carbonyl (C=O) groups excluding carboxylic acids is 2. The van der Waals surface area contributed by atoms with E-state index in [-0.39, 0.29) is 18.4 Å². The van der Waals surface area contributed by atoms with Gasteiger partial charge in [0.05, 0.1) is 29.4 Å². The van der Waals surface area contributed by atoms with Crippen molar-refractivity contribution in [2.45, 2.75) is 33.7 Å². The first-order valence-electron chi connectivity index (χ1n) is 9.67. The second-order valence-electron chi connectivity index (χ2n) is 7.42. The summed E-state index contributed by atoms with van der Waals surface area (Å²) in [6.07, 6.45) is 0. The fourth-order valence-corrected chi connectivity index (χ4v) is 3.97. The molecule has 2 heterocycles. The molecule has 0 fully saturated rings. The molecule has 0 spiro atoms. The maximum atomic E-state index is 12.7. The van der Waals surface area contributed by atoms with Gasteiger partial charge >= 0.3 is 5.97 Å². The van der Waals surface area contributed by atoms with E-state index >= 15 is 0 Å². The summed E-state index contributed by atoms with van der Waals surface area (Å²) in [6, 6.07) is 8.89. The lowest BCUT2D eigenvalue weighted by molar-refractivity contribution is 0.0473. The highest BCUT2D eigenvalue weighted by molar-refractivity contribution is 6.31. The van der Waals surface area contributed by atoms with Gasteiger partial charge in [0.1, 0.15) is 0 Å². The number of Topliss-reactive ketones (excluding diaryl/α,β-unsaturated/α-hetero) is 1. The summed E-state index contributed by atoms with van der Waals surface area (Å²) in [5, 5.41) is 1.29. The number of aryl methyl sites for hydroxylation is 2. The van der Waals surface area contributed by atoms with E-state index in [2.05, 4.69) is 9.55 Å². The van der Waals surface area contributed by atoms with E-state index in [4.69, 9.17) is 21.1 Å². The first-order valence-corrected chi connectivity index (χ1v) is 10.0. The van der Waals surface area contributed by atoms with Crippen molar-refractivity contribution in [3.05, 3.63) is 63.6 Å². The minimum atomic E-state index is -0.586. The van der Waals surface area contributed by atoms with Crippen LogP contribution in [0.3, 0.4) is 0 Å². The van der Waals surface area contributed by atoms with Gasteiger partial charge < -0.3 is 14.0 Å². The zero-order valence-electron chi connectivity index (χ0n) is 17.8. The van der Waals surface area contributed by atoms with E-state index in [1.54, 1.807) is 38.3 Å². The lowest BCUT2D eigenvalue weighted by atomic mass is 10.1. The number of ketones is 1. The van der Waals surface area contributed by atoms with Gasteiger partial charge in [0.15, 0.2) is 6.61 Å². The van der Waals surface area contributed by atoms with Crippen LogP contribution in [0.25, 0.3) is 10.9 Å². The average molecular weight is 429 g/mol. The minimum absolute atomic E-state index is 0.0947. The third-order valence-electron chi connectivity index (χ3n) is 5.16. The Hall–Kier alpha value is -2.70. The Labute approximate surface area is 180 Å². The summed E-state index contributed by atoms with van der Waals surface area (Å²) < 4.78 is 12.6. The average Bonchev–Trinajstić information content (AvgIpc) is 3.00. The Morgan fingerprint density at radius 1 is 1.13 bits per heavy atom. The minimum Gasteiger partial charge on any atom is -0.454 e. The van der Waals surface area contributed by atoms with Gasteiger partial charge in [0.25, 0.3) is 0 Å². The number of fused-ring (bicyclic) bond motifs is 1. The molecule has 1 atom stereocenters. The van der Waals surface area contributed by atoms with Crippen molar-refractivity contribution in [1.82, 2.24) is 9.55 Å². The molecule has 0 aliphatic heterocycles. The Kier molecular flexibility index (Phi) is 6.58. The van der Waals surface area contributed by atoms with Gasteiger partial charge in [-0.15, -0.1) is 0 Å². The molecule has 6 nitrogen and oxygen atoms in total. The van der Waals surface area contributed by atoms with Crippen molar-refractivity contribution in [3.63, 3.8) is 0 Å². The molecule has 2 aromatic heterocycles. The third kappa shape index (κ3) is 4.40. The SMILES string of the molecule is COCC(C)n1c(C)cc(C(=O)COC(=O)c2cc3cc(Cl)ccc3nc2C)c1C. The highest BCUT2D eigenvalue weighted by Gasteiger charge is 2.21. The van der Waals surface area contributed by atoms with Gasteiger partial charge in [-0.3, -0.25) is 9.78 Å². The largest absolute Gasteiger partial charge is 0.454 e. The van der Waals surface area contributed by atoms with Crippen LogP contribution in [-0.4, -0.2) is 41.6 Å². The summed E-state index contributed by atoms with van der Waals surface area (Å²) in [5.41, 5.74) is 3.92. The van der Waals surface area contributed by atoms with E-state index in [1.807, 2.05) is 26.8 Å². The number of hydrogen-bond acceptors (Lipinski definition) is 5. The van der Waals surface area contributed by atoms with Crippen LogP contribution in [0.15, 0.2) is 30.3 Å². The number of rotatable bonds is 7. The van der Waals surface area contributed by atoms with Crippen molar-refractivity contribution >= 4 is 34.3 Å². The molecular formula is C23H25ClN2O4. The molecule has 0 N–H and O–H groups in total. The number of esters is 1. The van der Waals surface area contributed by atoms with Crippen LogP contribution in [0.2, 0.25) is 5.02 Å². The lowest BCUT2D eigenvalue weighted by Crippen LogP contribution is -2.17. The third-order valence-corrected chi connectivity index (χ3v) is 5.39. The number of hydrogen-bond donors (Lipinski definition) is 0. The second-order valence-corrected chi connectivity index (χ2v) is 7.85. The standard InChI is InChI=1S/C23H25ClN2O4/c1-13-8-20(16(4)26(13)14(2)11-29-5)22(27)12-30-23(28)19-10-17-9-18(24)6-7-21(17)25-15(19)3/h6-10,14H,11-12H2,1-5H3. The molecule has 0 aliphatic carbocycles. The van der Waals surface area contributed by atoms with Crippen LogP contribution in [-0.2, 0) is 9.47 Å². The molecule has 0 saturated carbocycles. The van der Waals surface area contributed by atoms with Crippen molar-refractivity contribution in [2.24, 2.45) is 0 Å². The first-order chi connectivity index (χ1) is 14.2. The summed E-state index contributed by atoms with van der Waals surface area (Å²) in [5.74, 6) is -0.835. The molecule has 158 valence electrons. The molecule has 1 aromatic carbocycles. The van der Waals surface area contributed by atoms with Gasteiger partial charge in [-0.25, -0.2) is 4.79 Å². The zero-order chi connectivity index (χ0) is 22.0. The van der Waals surface area contributed by atoms with Crippen LogP contribution >= 0.6 is 11.6 Å². The maximum absolute atomic E-state index is 12.7. The molecular weight excluding hydrogens is 404 g/mol. The van der Waals surface area contributed by atoms with Gasteiger partial charge in [0.2, 0.25) is 5.78 Å². The number of benzene rings is 1. The maximum Gasteiger partial charge on any atom is 0.340 e. The summed E-state index contributed by atoms with van der Waals surface area (Å²) >= 11 is 6.03. The fraction of sp³-hybridized carbons (Fsp3) is 0.348. The van der Waals surface area contributed by atoms with Gasteiger partial charge in [-0.2, -0.15) is 0 Å². The molecule has 3 rings (SSSR count). The van der Waals surface area contributed by atoms with E-state index in [0.717, 1.165) is 22.3 Å². The number of methoxy groups -OCH3 is 1. The summed E-state index contributed by atoms with van der Waals surface area (Å²) in [7, 11) is 1.65. The van der Waals surface area contributed by atoms with E-state index < -0.39 is 5.97 Å². The van der Waals surface area contributed by atoms with Crippen LogP contribution < -0.4 is 0 Å². The molecule has 3 aromatic rings. The quantitative estimate of drug-likeness (QED) is 0.397. The molecule has 0 aliphatic rings. The van der Waals surface area contributed by atoms with Crippen LogP contribution in [0, 0.1) is 20.8 Å². The number of carbonyl (C=O) groups is 2. The molecule has 0 radical (unpaired) electrons. The van der Waals surface area contributed by atoms with Gasteiger partial charge in [-0.1, -0.05) is 11.6 Å². The van der Waals surface area contributed by atoms with Crippen LogP contribution in [0.5, 0.6) is 0 Å². The smallest absolute Gasteiger partial charge is 0.340 e. The van der Waals surface area contributed by atoms with Crippen LogP contribution in [0.4, 0.5) is 0 Å². The monoisotopic (exact) mass is 428 g/mol. The highest BCUT2D eigenvalue weighted by Crippen LogP contribution is 2.23. The van der Waals surface area contributed by atoms with E-state index in [0.29, 0.717) is 28.5 Å². The second kappa shape index (κ2) is 8.98. The molecule has 30 heavy (non-hydrogen) atoms. The van der Waals surface area contributed by atoms with Crippen molar-refractivity contribution in [3.8, 4) is 0 Å². The number of nitrogens with zero attached hydrogens (tertiary/aromatic N) is 2. The van der Waals surface area contributed by atoms with Crippen molar-refractivity contribution in [1.29, 1.82) is 0 Å². The van der Waals surface area contributed by atoms with E-state index in [1.165, 1.54) is 0 Å². The Balaban J connectivity index is 1.77. The molecule has 0 saturated heterocycles. The molecule has 7 heteroatoms. The normalized spacial score (nSPS) is 12.2. The van der Waals surface area contributed by atoms with Crippen LogP contribution in [0.1, 0.15) is 50.8 Å². The van der Waals surface area contributed by atoms with E-state index in [9.17, 15) is 9.59 Å². The first kappa shape index (κ1) is 22.0. The fourth-order valence-electron chi connectivity index (χ4n) is 3.79. The predicted octanol–water partition coefficient (Wildman–Crippen LogP) is 4.86. The Bertz CT molecular complexity index is 1120. The number of aromatic nitrogens is 2. The lowest BCUT2D eigenvalue weighted by Gasteiger charge is -2.17. The predicted molar refractivity (Wildman–Crippen MR) is 117 cm³/mol. The molecule has 1 unspecified atom stereocenters. The Morgan fingerprint density at radius 2 is 1.87 bits per heavy atom.